The lowest BCUT2D eigenvalue weighted by molar-refractivity contribution is 0.601. The zero-order chi connectivity index (χ0) is 24.0. The van der Waals surface area contributed by atoms with E-state index in [0.717, 1.165) is 0 Å². The smallest absolute Gasteiger partial charge is 0.217 e. The van der Waals surface area contributed by atoms with Gasteiger partial charge in [0.2, 0.25) is 6.67 Å². The van der Waals surface area contributed by atoms with Crippen molar-refractivity contribution in [2.75, 3.05) is 4.90 Å². The van der Waals surface area contributed by atoms with E-state index in [0.29, 0.717) is 11.8 Å². The third-order valence-corrected chi connectivity index (χ3v) is 13.9. The molecular formula is C26H46N3PSi. The molecule has 0 aliphatic carbocycles. The van der Waals surface area contributed by atoms with Gasteiger partial charge in [0.25, 0.3) is 0 Å². The van der Waals surface area contributed by atoms with Crippen molar-refractivity contribution in [2.24, 2.45) is 4.41 Å². The molecule has 174 valence electrons. The maximum atomic E-state index is 5.74. The Morgan fingerprint density at radius 3 is 1.65 bits per heavy atom. The van der Waals surface area contributed by atoms with E-state index >= 15 is 0 Å². The molecule has 0 spiro atoms. The minimum atomic E-state index is -1.99. The van der Waals surface area contributed by atoms with E-state index in [2.05, 4.69) is 136 Å². The largest absolute Gasteiger partial charge is 0.319 e. The van der Waals surface area contributed by atoms with Gasteiger partial charge in [-0.05, 0) is 23.0 Å². The summed E-state index contributed by atoms with van der Waals surface area (Å²) in [5, 5.41) is 0.0780. The first-order valence-electron chi connectivity index (χ1n) is 11.7. The van der Waals surface area contributed by atoms with Crippen LogP contribution in [0.5, 0.6) is 0 Å². The first-order valence-corrected chi connectivity index (χ1v) is 16.9. The van der Waals surface area contributed by atoms with Gasteiger partial charge in [0.15, 0.2) is 8.24 Å². The highest BCUT2D eigenvalue weighted by molar-refractivity contribution is 7.68. The molecule has 31 heavy (non-hydrogen) atoms. The lowest BCUT2D eigenvalue weighted by Gasteiger charge is -2.52. The molecule has 0 aromatic heterocycles. The second kappa shape index (κ2) is 8.75. The molecule has 0 saturated heterocycles. The van der Waals surface area contributed by atoms with Crippen LogP contribution in [0.15, 0.2) is 35.0 Å². The molecule has 3 nitrogen and oxygen atoms in total. The van der Waals surface area contributed by atoms with Crippen molar-refractivity contribution < 1.29 is 0 Å². The average molecular weight is 460 g/mol. The van der Waals surface area contributed by atoms with Crippen molar-refractivity contribution in [3.63, 3.8) is 0 Å². The van der Waals surface area contributed by atoms with E-state index in [1.54, 1.807) is 0 Å². The normalized spacial score (nSPS) is 16.1. The van der Waals surface area contributed by atoms with Gasteiger partial charge in [-0.25, -0.2) is 0 Å². The van der Waals surface area contributed by atoms with Gasteiger partial charge in [-0.1, -0.05) is 107 Å². The van der Waals surface area contributed by atoms with E-state index < -0.39 is 15.4 Å². The Morgan fingerprint density at radius 2 is 1.29 bits per heavy atom. The molecule has 0 unspecified atom stereocenters. The maximum absolute atomic E-state index is 5.74. The van der Waals surface area contributed by atoms with Gasteiger partial charge in [-0.3, -0.25) is 0 Å². The summed E-state index contributed by atoms with van der Waals surface area (Å²) in [5.41, 5.74) is 4.05. The van der Waals surface area contributed by atoms with Crippen LogP contribution in [-0.4, -0.2) is 23.2 Å². The van der Waals surface area contributed by atoms with Crippen molar-refractivity contribution in [2.45, 2.75) is 111 Å². The molecule has 1 aromatic rings. The average Bonchev–Trinajstić information content (AvgIpc) is 3.05. The topological polar surface area (TPSA) is 18.8 Å². The molecule has 5 heteroatoms. The Hall–Kier alpha value is -0.993. The Balaban J connectivity index is 2.69. The number of rotatable bonds is 5. The van der Waals surface area contributed by atoms with Crippen molar-refractivity contribution >= 4 is 21.1 Å². The molecule has 0 saturated carbocycles. The van der Waals surface area contributed by atoms with Crippen LogP contribution in [0.4, 0.5) is 5.69 Å². The fraction of sp³-hybridized carbons (Fsp3) is 0.654. The van der Waals surface area contributed by atoms with Crippen LogP contribution in [0.25, 0.3) is 0 Å². The number of nitrogens with zero attached hydrogens (tertiary/aromatic N) is 3. The Labute approximate surface area is 194 Å². The number of hydrogen-bond acceptors (Lipinski definition) is 2. The second-order valence-electron chi connectivity index (χ2n) is 12.4. The zero-order valence-electron chi connectivity index (χ0n) is 22.3. The molecule has 1 aliphatic rings. The predicted molar refractivity (Wildman–Crippen MR) is 144 cm³/mol. The third-order valence-electron chi connectivity index (χ3n) is 5.78. The predicted octanol–water partition coefficient (Wildman–Crippen LogP) is 9.07. The van der Waals surface area contributed by atoms with Crippen LogP contribution in [-0.2, 0) is 0 Å². The number of anilines is 1. The van der Waals surface area contributed by atoms with Crippen LogP contribution < -0.4 is 4.90 Å². The van der Waals surface area contributed by atoms with Gasteiger partial charge < -0.3 is 14.0 Å². The summed E-state index contributed by atoms with van der Waals surface area (Å²) in [7, 11) is -3.69. The van der Waals surface area contributed by atoms with E-state index in [9.17, 15) is 0 Å². The molecule has 0 atom stereocenters. The first kappa shape index (κ1) is 26.3. The summed E-state index contributed by atoms with van der Waals surface area (Å²) in [6.07, 6.45) is 4.45. The lowest BCUT2D eigenvalue weighted by atomic mass is 9.92. The van der Waals surface area contributed by atoms with Crippen molar-refractivity contribution in [1.82, 2.24) is 4.67 Å². The first-order chi connectivity index (χ1) is 13.9. The molecule has 0 fully saturated rings. The van der Waals surface area contributed by atoms with E-state index in [4.69, 9.17) is 4.41 Å². The zero-order valence-corrected chi connectivity index (χ0v) is 24.2. The molecular weight excluding hydrogens is 413 g/mol. The maximum Gasteiger partial charge on any atom is 0.217 e. The summed E-state index contributed by atoms with van der Waals surface area (Å²) in [5.74, 6) is 0.906. The van der Waals surface area contributed by atoms with Crippen LogP contribution >= 0.6 is 7.21 Å². The summed E-state index contributed by atoms with van der Waals surface area (Å²) in [6.45, 7) is 34.2. The molecule has 0 bridgehead atoms. The van der Waals surface area contributed by atoms with Gasteiger partial charge in [-0.2, -0.15) is 0 Å². The lowest BCUT2D eigenvalue weighted by Crippen LogP contribution is -2.39. The second-order valence-corrected chi connectivity index (χ2v) is 21.9. The Morgan fingerprint density at radius 1 is 0.839 bits per heavy atom. The molecule has 0 N–H and O–H groups in total. The van der Waals surface area contributed by atoms with Gasteiger partial charge in [0, 0.05) is 22.7 Å². The minimum absolute atomic E-state index is 0.0390. The quantitative estimate of drug-likeness (QED) is 0.323. The van der Waals surface area contributed by atoms with Crippen molar-refractivity contribution in [3.05, 3.63) is 48.4 Å². The van der Waals surface area contributed by atoms with E-state index in [1.165, 1.54) is 16.8 Å². The standard InChI is InChI=1S/C26H46N3PSi/c1-20(2)22-15-14-16-23(21(3)4)24(22)28-17-18-29(19-28)30(25(5,6)7,26(8,9)10)27-31(11,12)13/h14-18,20-21H,1-13H3. The number of hydrogen-bond donors (Lipinski definition) is 0. The van der Waals surface area contributed by atoms with E-state index in [-0.39, 0.29) is 10.3 Å². The summed E-state index contributed by atoms with van der Waals surface area (Å²) < 4.78 is 8.14. The Bertz CT molecular complexity index is 820. The SMILES string of the molecule is CC(C)c1cccc(C(C)C)c1N1[C]N(P(=N[Si](C)(C)C)(C(C)(C)C)C(C)(C)C)C=C1. The highest BCUT2D eigenvalue weighted by Crippen LogP contribution is 2.73. The fourth-order valence-corrected chi connectivity index (χ4v) is 14.9. The monoisotopic (exact) mass is 459 g/mol. The summed E-state index contributed by atoms with van der Waals surface area (Å²) in [6, 6.07) is 6.74. The Kier molecular flexibility index (Phi) is 7.41. The van der Waals surface area contributed by atoms with Gasteiger partial charge in [0.05, 0.1) is 12.9 Å². The summed E-state index contributed by atoms with van der Waals surface area (Å²) in [4.78, 5) is 2.25. The highest BCUT2D eigenvalue weighted by Gasteiger charge is 2.49. The van der Waals surface area contributed by atoms with Crippen molar-refractivity contribution in [1.29, 1.82) is 0 Å². The van der Waals surface area contributed by atoms with Crippen LogP contribution in [0.3, 0.4) is 0 Å². The molecule has 2 radical (unpaired) electrons. The summed E-state index contributed by atoms with van der Waals surface area (Å²) >= 11 is 0. The molecule has 1 aliphatic heterocycles. The van der Waals surface area contributed by atoms with Gasteiger partial charge in [0.1, 0.15) is 0 Å². The molecule has 2 rings (SSSR count). The van der Waals surface area contributed by atoms with Crippen LogP contribution in [0.1, 0.15) is 92.2 Å². The highest BCUT2D eigenvalue weighted by atomic mass is 31.2. The fourth-order valence-electron chi connectivity index (χ4n) is 4.82. The van der Waals surface area contributed by atoms with Crippen LogP contribution in [0.2, 0.25) is 19.6 Å². The van der Waals surface area contributed by atoms with Gasteiger partial charge in [-0.15, -0.1) is 0 Å². The third kappa shape index (κ3) is 5.16. The number of benzene rings is 1. The molecule has 1 aromatic carbocycles. The number of para-hydroxylation sites is 1. The van der Waals surface area contributed by atoms with Crippen LogP contribution in [0, 0.1) is 6.67 Å². The van der Waals surface area contributed by atoms with Gasteiger partial charge >= 0.3 is 0 Å². The van der Waals surface area contributed by atoms with E-state index in [1.807, 2.05) is 0 Å². The minimum Gasteiger partial charge on any atom is -0.319 e. The molecule has 1 heterocycles. The van der Waals surface area contributed by atoms with Crippen molar-refractivity contribution in [3.8, 4) is 0 Å². The molecule has 0 amide bonds.